The molecular formula is C21H27NO3. The van der Waals surface area contributed by atoms with Gasteiger partial charge in [0.2, 0.25) is 0 Å². The minimum atomic E-state index is -0.0967. The lowest BCUT2D eigenvalue weighted by atomic mass is 10.1. The van der Waals surface area contributed by atoms with E-state index in [0.29, 0.717) is 25.3 Å². The maximum Gasteiger partial charge on any atom is 0.251 e. The van der Waals surface area contributed by atoms with Crippen LogP contribution in [0.4, 0.5) is 0 Å². The molecule has 0 atom stereocenters. The number of aryl methyl sites for hydroxylation is 2. The van der Waals surface area contributed by atoms with Crippen LogP contribution in [0.15, 0.2) is 42.5 Å². The molecule has 0 fully saturated rings. The van der Waals surface area contributed by atoms with Crippen molar-refractivity contribution in [2.75, 3.05) is 13.2 Å². The van der Waals surface area contributed by atoms with E-state index < -0.39 is 0 Å². The van der Waals surface area contributed by atoms with Gasteiger partial charge in [0.05, 0.1) is 19.3 Å². The van der Waals surface area contributed by atoms with Gasteiger partial charge in [-0.25, -0.2) is 0 Å². The third kappa shape index (κ3) is 6.24. The largest absolute Gasteiger partial charge is 0.491 e. The molecule has 1 amide bonds. The highest BCUT2D eigenvalue weighted by Gasteiger charge is 2.06. The fourth-order valence-corrected chi connectivity index (χ4v) is 2.40. The van der Waals surface area contributed by atoms with E-state index >= 15 is 0 Å². The maximum absolute atomic E-state index is 12.1. The first-order valence-electron chi connectivity index (χ1n) is 8.64. The summed E-state index contributed by atoms with van der Waals surface area (Å²) < 4.78 is 11.3. The van der Waals surface area contributed by atoms with Crippen molar-refractivity contribution in [2.24, 2.45) is 0 Å². The molecule has 2 aromatic rings. The quantitative estimate of drug-likeness (QED) is 0.737. The number of hydrogen-bond donors (Lipinski definition) is 1. The summed E-state index contributed by atoms with van der Waals surface area (Å²) in [5.41, 5.74) is 4.01. The predicted octanol–water partition coefficient (Wildman–Crippen LogP) is 4.04. The van der Waals surface area contributed by atoms with Gasteiger partial charge in [-0.1, -0.05) is 29.8 Å². The minimum absolute atomic E-state index is 0.0967. The molecule has 2 aromatic carbocycles. The number of rotatable bonds is 8. The molecule has 2 rings (SSSR count). The van der Waals surface area contributed by atoms with Gasteiger partial charge >= 0.3 is 0 Å². The maximum atomic E-state index is 12.1. The Morgan fingerprint density at radius 1 is 1.08 bits per heavy atom. The van der Waals surface area contributed by atoms with E-state index in [1.54, 1.807) is 0 Å². The lowest BCUT2D eigenvalue weighted by Crippen LogP contribution is -2.28. The summed E-state index contributed by atoms with van der Waals surface area (Å²) in [6.07, 6.45) is 0.195. The number of carbonyl (C=O) groups excluding carboxylic acids is 1. The van der Waals surface area contributed by atoms with Gasteiger partial charge in [0, 0.05) is 5.56 Å². The Bertz CT molecular complexity index is 693. The first-order chi connectivity index (χ1) is 12.0. The van der Waals surface area contributed by atoms with Crippen LogP contribution < -0.4 is 10.1 Å². The van der Waals surface area contributed by atoms with Crippen LogP contribution in [0.1, 0.15) is 40.9 Å². The Labute approximate surface area is 150 Å². The second-order valence-electron chi connectivity index (χ2n) is 6.43. The fourth-order valence-electron chi connectivity index (χ4n) is 2.40. The molecule has 0 spiro atoms. The van der Waals surface area contributed by atoms with Gasteiger partial charge in [-0.3, -0.25) is 4.79 Å². The number of amides is 1. The Balaban J connectivity index is 1.76. The molecule has 25 heavy (non-hydrogen) atoms. The second kappa shape index (κ2) is 9.23. The summed E-state index contributed by atoms with van der Waals surface area (Å²) >= 11 is 0. The van der Waals surface area contributed by atoms with E-state index in [1.807, 2.05) is 57.2 Å². The van der Waals surface area contributed by atoms with Gasteiger partial charge in [-0.05, 0) is 57.0 Å². The summed E-state index contributed by atoms with van der Waals surface area (Å²) in [6, 6.07) is 13.5. The summed E-state index contributed by atoms with van der Waals surface area (Å²) in [5, 5.41) is 2.87. The molecule has 0 aliphatic heterocycles. The van der Waals surface area contributed by atoms with E-state index in [1.165, 1.54) is 5.56 Å². The van der Waals surface area contributed by atoms with Crippen LogP contribution in [0.3, 0.4) is 0 Å². The van der Waals surface area contributed by atoms with Crippen LogP contribution in [-0.2, 0) is 11.3 Å². The minimum Gasteiger partial charge on any atom is -0.491 e. The third-order valence-corrected chi connectivity index (χ3v) is 3.78. The highest BCUT2D eigenvalue weighted by molar-refractivity contribution is 5.94. The summed E-state index contributed by atoms with van der Waals surface area (Å²) in [7, 11) is 0. The first kappa shape index (κ1) is 19.0. The van der Waals surface area contributed by atoms with Crippen LogP contribution in [0, 0.1) is 13.8 Å². The van der Waals surface area contributed by atoms with Crippen molar-refractivity contribution in [2.45, 2.75) is 40.4 Å². The fraction of sp³-hybridized carbons (Fsp3) is 0.381. The zero-order valence-electron chi connectivity index (χ0n) is 15.5. The molecule has 4 nitrogen and oxygen atoms in total. The van der Waals surface area contributed by atoms with Gasteiger partial charge in [0.25, 0.3) is 5.91 Å². The Kier molecular flexibility index (Phi) is 7.02. The van der Waals surface area contributed by atoms with Crippen molar-refractivity contribution < 1.29 is 14.3 Å². The smallest absolute Gasteiger partial charge is 0.251 e. The van der Waals surface area contributed by atoms with Gasteiger partial charge in [-0.15, -0.1) is 0 Å². The van der Waals surface area contributed by atoms with Crippen molar-refractivity contribution in [3.63, 3.8) is 0 Å². The second-order valence-corrected chi connectivity index (χ2v) is 6.43. The highest BCUT2D eigenvalue weighted by atomic mass is 16.5. The summed E-state index contributed by atoms with van der Waals surface area (Å²) in [6.45, 7) is 9.54. The number of carbonyl (C=O) groups is 1. The molecular weight excluding hydrogens is 314 g/mol. The average Bonchev–Trinajstić information content (AvgIpc) is 2.58. The number of nitrogens with one attached hydrogen (secondary N) is 1. The van der Waals surface area contributed by atoms with Gasteiger partial charge < -0.3 is 14.8 Å². The molecule has 0 unspecified atom stereocenters. The number of benzene rings is 2. The normalized spacial score (nSPS) is 10.8. The highest BCUT2D eigenvalue weighted by Crippen LogP contribution is 2.18. The molecule has 0 aliphatic rings. The lowest BCUT2D eigenvalue weighted by Gasteiger charge is -2.11. The van der Waals surface area contributed by atoms with Gasteiger partial charge in [0.1, 0.15) is 12.4 Å². The van der Waals surface area contributed by atoms with Gasteiger partial charge in [-0.2, -0.15) is 0 Å². The van der Waals surface area contributed by atoms with Crippen molar-refractivity contribution in [3.05, 3.63) is 64.7 Å². The first-order valence-corrected chi connectivity index (χ1v) is 8.64. The standard InChI is InChI=1S/C21H27NO3/c1-15(2)25-14-18-6-8-19(9-7-18)21(23)22-11-12-24-20-10-5-16(3)13-17(20)4/h5-10,13,15H,11-12,14H2,1-4H3,(H,22,23). The number of hydrogen-bond acceptors (Lipinski definition) is 3. The van der Waals surface area contributed by atoms with Crippen molar-refractivity contribution >= 4 is 5.91 Å². The molecule has 0 saturated carbocycles. The van der Waals surface area contributed by atoms with Crippen LogP contribution in [0.5, 0.6) is 5.75 Å². The zero-order valence-corrected chi connectivity index (χ0v) is 15.5. The van der Waals surface area contributed by atoms with E-state index in [0.717, 1.165) is 16.9 Å². The van der Waals surface area contributed by atoms with Crippen molar-refractivity contribution in [3.8, 4) is 5.75 Å². The molecule has 0 heterocycles. The van der Waals surface area contributed by atoms with E-state index in [2.05, 4.69) is 18.3 Å². The molecule has 0 aliphatic carbocycles. The molecule has 4 heteroatoms. The summed E-state index contributed by atoms with van der Waals surface area (Å²) in [5.74, 6) is 0.759. The van der Waals surface area contributed by atoms with Crippen LogP contribution in [0.25, 0.3) is 0 Å². The van der Waals surface area contributed by atoms with E-state index in [4.69, 9.17) is 9.47 Å². The zero-order chi connectivity index (χ0) is 18.2. The molecule has 134 valence electrons. The Hall–Kier alpha value is -2.33. The molecule has 0 saturated heterocycles. The monoisotopic (exact) mass is 341 g/mol. The molecule has 0 bridgehead atoms. The number of ether oxygens (including phenoxy) is 2. The molecule has 1 N–H and O–H groups in total. The SMILES string of the molecule is Cc1ccc(OCCNC(=O)c2ccc(COC(C)C)cc2)c(C)c1. The molecule has 0 radical (unpaired) electrons. The van der Waals surface area contributed by atoms with E-state index in [9.17, 15) is 4.79 Å². The Morgan fingerprint density at radius 2 is 1.80 bits per heavy atom. The third-order valence-electron chi connectivity index (χ3n) is 3.78. The van der Waals surface area contributed by atoms with Crippen LogP contribution in [-0.4, -0.2) is 25.2 Å². The predicted molar refractivity (Wildman–Crippen MR) is 100 cm³/mol. The lowest BCUT2D eigenvalue weighted by molar-refractivity contribution is 0.0657. The Morgan fingerprint density at radius 3 is 2.44 bits per heavy atom. The van der Waals surface area contributed by atoms with Gasteiger partial charge in [0.15, 0.2) is 0 Å². The average molecular weight is 341 g/mol. The summed E-state index contributed by atoms with van der Waals surface area (Å²) in [4.78, 5) is 12.1. The molecule has 0 aromatic heterocycles. The van der Waals surface area contributed by atoms with Crippen LogP contribution in [0.2, 0.25) is 0 Å². The van der Waals surface area contributed by atoms with Crippen molar-refractivity contribution in [1.29, 1.82) is 0 Å². The van der Waals surface area contributed by atoms with Crippen LogP contribution >= 0.6 is 0 Å². The van der Waals surface area contributed by atoms with E-state index in [-0.39, 0.29) is 12.0 Å². The topological polar surface area (TPSA) is 47.6 Å². The van der Waals surface area contributed by atoms with Crippen molar-refractivity contribution in [1.82, 2.24) is 5.32 Å².